The lowest BCUT2D eigenvalue weighted by atomic mass is 10.1. The predicted molar refractivity (Wildman–Crippen MR) is 77.5 cm³/mol. The van der Waals surface area contributed by atoms with Gasteiger partial charge in [-0.3, -0.25) is 14.9 Å². The number of hydrogen-bond acceptors (Lipinski definition) is 3. The lowest BCUT2D eigenvalue weighted by Gasteiger charge is -2.15. The second-order valence-electron chi connectivity index (χ2n) is 5.25. The third-order valence-electron chi connectivity index (χ3n) is 3.57. The highest BCUT2D eigenvalue weighted by atomic mass is 16.2. The van der Waals surface area contributed by atoms with E-state index in [2.05, 4.69) is 16.0 Å². The molecule has 21 heavy (non-hydrogen) atoms. The molecule has 1 unspecified atom stereocenters. The minimum absolute atomic E-state index is 0.153. The average Bonchev–Trinajstić information content (AvgIpc) is 2.60. The first kappa shape index (κ1) is 15.0. The summed E-state index contributed by atoms with van der Waals surface area (Å²) >= 11 is 0. The van der Waals surface area contributed by atoms with E-state index < -0.39 is 12.1 Å². The van der Waals surface area contributed by atoms with Gasteiger partial charge in [0.2, 0.25) is 11.8 Å². The van der Waals surface area contributed by atoms with Crippen LogP contribution in [-0.4, -0.2) is 23.9 Å². The van der Waals surface area contributed by atoms with Gasteiger partial charge in [0.25, 0.3) is 0 Å². The number of rotatable bonds is 3. The van der Waals surface area contributed by atoms with Crippen molar-refractivity contribution in [2.45, 2.75) is 39.3 Å². The topological polar surface area (TPSA) is 87.3 Å². The highest BCUT2D eigenvalue weighted by Gasteiger charge is 2.25. The van der Waals surface area contributed by atoms with Crippen LogP contribution >= 0.6 is 0 Å². The van der Waals surface area contributed by atoms with Gasteiger partial charge in [-0.2, -0.15) is 0 Å². The SMILES string of the molecule is Cc1ccc(CNC(=O)C2CCC(=O)NC(=O)N2)cc1C. The molecule has 2 rings (SSSR count). The van der Waals surface area contributed by atoms with Crippen LogP contribution in [0.2, 0.25) is 0 Å². The van der Waals surface area contributed by atoms with Gasteiger partial charge in [0.15, 0.2) is 0 Å². The first-order valence-corrected chi connectivity index (χ1v) is 6.90. The minimum Gasteiger partial charge on any atom is -0.350 e. The summed E-state index contributed by atoms with van der Waals surface area (Å²) in [5.74, 6) is -0.643. The summed E-state index contributed by atoms with van der Waals surface area (Å²) in [7, 11) is 0. The Bertz CT molecular complexity index is 584. The van der Waals surface area contributed by atoms with Crippen molar-refractivity contribution in [3.05, 3.63) is 34.9 Å². The van der Waals surface area contributed by atoms with E-state index in [9.17, 15) is 14.4 Å². The third-order valence-corrected chi connectivity index (χ3v) is 3.57. The number of imide groups is 1. The largest absolute Gasteiger partial charge is 0.350 e. The molecule has 6 heteroatoms. The number of carbonyl (C=O) groups is 3. The molecule has 0 spiro atoms. The highest BCUT2D eigenvalue weighted by molar-refractivity contribution is 5.98. The van der Waals surface area contributed by atoms with Crippen molar-refractivity contribution in [2.75, 3.05) is 0 Å². The molecule has 0 saturated carbocycles. The molecule has 112 valence electrons. The zero-order chi connectivity index (χ0) is 15.4. The zero-order valence-corrected chi connectivity index (χ0v) is 12.2. The molecule has 0 bridgehead atoms. The van der Waals surface area contributed by atoms with Crippen LogP contribution in [0.5, 0.6) is 0 Å². The standard InChI is InChI=1S/C15H19N3O3/c1-9-3-4-11(7-10(9)2)8-16-14(20)12-5-6-13(19)18-15(21)17-12/h3-4,7,12H,5-6,8H2,1-2H3,(H,16,20)(H2,17,18,19,21). The van der Waals surface area contributed by atoms with Gasteiger partial charge in [0.05, 0.1) is 0 Å². The Balaban J connectivity index is 1.93. The monoisotopic (exact) mass is 289 g/mol. The Kier molecular flexibility index (Phi) is 4.57. The first-order chi connectivity index (χ1) is 9.95. The molecule has 4 amide bonds. The van der Waals surface area contributed by atoms with Crippen LogP contribution in [0.15, 0.2) is 18.2 Å². The zero-order valence-electron chi connectivity index (χ0n) is 12.2. The van der Waals surface area contributed by atoms with Crippen LogP contribution in [0, 0.1) is 13.8 Å². The molecule has 1 aromatic carbocycles. The second-order valence-corrected chi connectivity index (χ2v) is 5.25. The number of aryl methyl sites for hydroxylation is 2. The molecule has 1 aliphatic rings. The maximum absolute atomic E-state index is 12.1. The van der Waals surface area contributed by atoms with Gasteiger partial charge in [-0.05, 0) is 37.0 Å². The van der Waals surface area contributed by atoms with E-state index in [1.165, 1.54) is 11.1 Å². The van der Waals surface area contributed by atoms with Crippen LogP contribution in [0.1, 0.15) is 29.5 Å². The van der Waals surface area contributed by atoms with E-state index in [0.717, 1.165) is 5.56 Å². The normalized spacial score (nSPS) is 18.5. The van der Waals surface area contributed by atoms with Crippen molar-refractivity contribution >= 4 is 17.8 Å². The molecular formula is C15H19N3O3. The summed E-state index contributed by atoms with van der Waals surface area (Å²) in [6.45, 7) is 4.44. The number of hydrogen-bond donors (Lipinski definition) is 3. The number of nitrogens with one attached hydrogen (secondary N) is 3. The Morgan fingerprint density at radius 3 is 2.76 bits per heavy atom. The van der Waals surface area contributed by atoms with Crippen molar-refractivity contribution in [1.29, 1.82) is 0 Å². The van der Waals surface area contributed by atoms with E-state index in [1.807, 2.05) is 32.0 Å². The quantitative estimate of drug-likeness (QED) is 0.773. The van der Waals surface area contributed by atoms with Crippen LogP contribution in [0.25, 0.3) is 0 Å². The summed E-state index contributed by atoms with van der Waals surface area (Å²) in [6.07, 6.45) is 0.455. The molecule has 6 nitrogen and oxygen atoms in total. The number of urea groups is 1. The van der Waals surface area contributed by atoms with E-state index in [4.69, 9.17) is 0 Å². The molecule has 1 atom stereocenters. The smallest absolute Gasteiger partial charge is 0.322 e. The minimum atomic E-state index is -0.678. The van der Waals surface area contributed by atoms with Crippen LogP contribution in [0.4, 0.5) is 4.79 Å². The average molecular weight is 289 g/mol. The predicted octanol–water partition coefficient (Wildman–Crippen LogP) is 0.908. The molecular weight excluding hydrogens is 270 g/mol. The van der Waals surface area contributed by atoms with Gasteiger partial charge in [0, 0.05) is 13.0 Å². The fourth-order valence-corrected chi connectivity index (χ4v) is 2.15. The molecule has 0 radical (unpaired) electrons. The van der Waals surface area contributed by atoms with Crippen molar-refractivity contribution in [1.82, 2.24) is 16.0 Å². The van der Waals surface area contributed by atoms with Crippen molar-refractivity contribution in [2.24, 2.45) is 0 Å². The maximum atomic E-state index is 12.1. The summed E-state index contributed by atoms with van der Waals surface area (Å²) in [5.41, 5.74) is 3.37. The van der Waals surface area contributed by atoms with Gasteiger partial charge in [-0.25, -0.2) is 4.79 Å². The van der Waals surface area contributed by atoms with Crippen molar-refractivity contribution in [3.8, 4) is 0 Å². The van der Waals surface area contributed by atoms with Crippen LogP contribution in [-0.2, 0) is 16.1 Å². The Morgan fingerprint density at radius 2 is 2.05 bits per heavy atom. The van der Waals surface area contributed by atoms with E-state index in [-0.39, 0.29) is 18.2 Å². The lowest BCUT2D eigenvalue weighted by Crippen LogP contribution is -2.48. The van der Waals surface area contributed by atoms with Gasteiger partial charge in [0.1, 0.15) is 6.04 Å². The van der Waals surface area contributed by atoms with Gasteiger partial charge < -0.3 is 10.6 Å². The molecule has 1 saturated heterocycles. The Morgan fingerprint density at radius 1 is 1.29 bits per heavy atom. The fraction of sp³-hybridized carbons (Fsp3) is 0.400. The molecule has 0 aliphatic carbocycles. The molecule has 1 heterocycles. The fourth-order valence-electron chi connectivity index (χ4n) is 2.15. The Labute approximate surface area is 123 Å². The van der Waals surface area contributed by atoms with E-state index in [0.29, 0.717) is 13.0 Å². The summed E-state index contributed by atoms with van der Waals surface area (Å²) < 4.78 is 0. The lowest BCUT2D eigenvalue weighted by molar-refractivity contribution is -0.123. The molecule has 3 N–H and O–H groups in total. The van der Waals surface area contributed by atoms with Crippen LogP contribution in [0.3, 0.4) is 0 Å². The van der Waals surface area contributed by atoms with Crippen molar-refractivity contribution in [3.63, 3.8) is 0 Å². The molecule has 1 aliphatic heterocycles. The molecule has 1 aromatic rings. The number of amides is 4. The van der Waals surface area contributed by atoms with Gasteiger partial charge in [-0.15, -0.1) is 0 Å². The Hall–Kier alpha value is -2.37. The van der Waals surface area contributed by atoms with E-state index >= 15 is 0 Å². The summed E-state index contributed by atoms with van der Waals surface area (Å²) in [4.78, 5) is 34.6. The van der Waals surface area contributed by atoms with Gasteiger partial charge in [-0.1, -0.05) is 18.2 Å². The number of carbonyl (C=O) groups excluding carboxylic acids is 3. The molecule has 0 aromatic heterocycles. The third kappa shape index (κ3) is 4.05. The van der Waals surface area contributed by atoms with Gasteiger partial charge >= 0.3 is 6.03 Å². The van der Waals surface area contributed by atoms with Crippen molar-refractivity contribution < 1.29 is 14.4 Å². The summed E-state index contributed by atoms with van der Waals surface area (Å²) in [5, 5.41) is 7.41. The maximum Gasteiger partial charge on any atom is 0.322 e. The van der Waals surface area contributed by atoms with E-state index in [1.54, 1.807) is 0 Å². The first-order valence-electron chi connectivity index (χ1n) is 6.90. The van der Waals surface area contributed by atoms with Crippen LogP contribution < -0.4 is 16.0 Å². The second kappa shape index (κ2) is 6.39. The molecule has 1 fully saturated rings. The summed E-state index contributed by atoms with van der Waals surface area (Å²) in [6, 6.07) is 4.69. The number of benzene rings is 1. The highest BCUT2D eigenvalue weighted by Crippen LogP contribution is 2.10.